The number of benzene rings is 1. The van der Waals surface area contributed by atoms with Crippen molar-refractivity contribution in [3.8, 4) is 0 Å². The Morgan fingerprint density at radius 2 is 2.07 bits per heavy atom. The minimum absolute atomic E-state index is 0.263. The lowest BCUT2D eigenvalue weighted by Crippen LogP contribution is -2.28. The van der Waals surface area contributed by atoms with Crippen LogP contribution in [0.5, 0.6) is 0 Å². The molecule has 2 N–H and O–H groups in total. The lowest BCUT2D eigenvalue weighted by atomic mass is 10.3. The van der Waals surface area contributed by atoms with E-state index in [-0.39, 0.29) is 5.82 Å². The molecule has 0 saturated heterocycles. The molecular formula is C10H11FN2S. The molecule has 0 unspecified atom stereocenters. The maximum Gasteiger partial charge on any atom is 0.171 e. The SMILES string of the molecule is C=CCNC(=S)Nc1ccc(F)cc1. The Bertz CT molecular complexity index is 321. The number of rotatable bonds is 3. The van der Waals surface area contributed by atoms with Gasteiger partial charge in [0.25, 0.3) is 0 Å². The molecule has 0 spiro atoms. The van der Waals surface area contributed by atoms with E-state index in [2.05, 4.69) is 17.2 Å². The lowest BCUT2D eigenvalue weighted by molar-refractivity contribution is 0.628. The predicted octanol–water partition coefficient (Wildman–Crippen LogP) is 2.30. The molecule has 74 valence electrons. The van der Waals surface area contributed by atoms with Crippen LogP contribution in [0, 0.1) is 5.82 Å². The second-order valence-electron chi connectivity index (χ2n) is 2.63. The minimum Gasteiger partial charge on any atom is -0.359 e. The maximum absolute atomic E-state index is 12.5. The highest BCUT2D eigenvalue weighted by molar-refractivity contribution is 7.80. The van der Waals surface area contributed by atoms with E-state index in [1.54, 1.807) is 18.2 Å². The summed E-state index contributed by atoms with van der Waals surface area (Å²) in [5.41, 5.74) is 0.757. The standard InChI is InChI=1S/C10H11FN2S/c1-2-7-12-10(14)13-9-5-3-8(11)4-6-9/h2-6H,1,7H2,(H2,12,13,14). The van der Waals surface area contributed by atoms with Gasteiger partial charge in [-0.15, -0.1) is 6.58 Å². The van der Waals surface area contributed by atoms with Crippen LogP contribution in [0.3, 0.4) is 0 Å². The van der Waals surface area contributed by atoms with Crippen LogP contribution >= 0.6 is 12.2 Å². The third-order valence-electron chi connectivity index (χ3n) is 1.51. The van der Waals surface area contributed by atoms with Crippen molar-refractivity contribution in [2.24, 2.45) is 0 Å². The zero-order valence-corrected chi connectivity index (χ0v) is 8.40. The summed E-state index contributed by atoms with van der Waals surface area (Å²) in [5, 5.41) is 6.31. The molecule has 0 heterocycles. The summed E-state index contributed by atoms with van der Waals surface area (Å²) in [6.45, 7) is 4.16. The van der Waals surface area contributed by atoms with Crippen LogP contribution in [0.2, 0.25) is 0 Å². The summed E-state index contributed by atoms with van der Waals surface area (Å²) in [6.07, 6.45) is 1.71. The van der Waals surface area contributed by atoms with Crippen molar-refractivity contribution in [3.63, 3.8) is 0 Å². The normalized spacial score (nSPS) is 9.21. The molecule has 0 amide bonds. The van der Waals surface area contributed by atoms with Crippen LogP contribution in [0.15, 0.2) is 36.9 Å². The third-order valence-corrected chi connectivity index (χ3v) is 1.76. The van der Waals surface area contributed by atoms with Crippen LogP contribution in [0.1, 0.15) is 0 Å². The van der Waals surface area contributed by atoms with Gasteiger partial charge in [-0.2, -0.15) is 0 Å². The summed E-state index contributed by atoms with van der Waals surface area (Å²) in [4.78, 5) is 0. The molecule has 0 aliphatic rings. The molecule has 0 bridgehead atoms. The van der Waals surface area contributed by atoms with E-state index in [1.165, 1.54) is 12.1 Å². The zero-order valence-electron chi connectivity index (χ0n) is 7.59. The van der Waals surface area contributed by atoms with Crippen molar-refractivity contribution in [1.29, 1.82) is 0 Å². The van der Waals surface area contributed by atoms with Crippen molar-refractivity contribution in [2.75, 3.05) is 11.9 Å². The van der Waals surface area contributed by atoms with Crippen LogP contribution in [-0.2, 0) is 0 Å². The van der Waals surface area contributed by atoms with Crippen LogP contribution in [0.4, 0.5) is 10.1 Å². The van der Waals surface area contributed by atoms with Gasteiger partial charge in [0, 0.05) is 12.2 Å². The van der Waals surface area contributed by atoms with Crippen LogP contribution in [0.25, 0.3) is 0 Å². The molecule has 0 aliphatic heterocycles. The topological polar surface area (TPSA) is 24.1 Å². The molecule has 1 aromatic rings. The largest absolute Gasteiger partial charge is 0.359 e. The first-order valence-electron chi connectivity index (χ1n) is 4.13. The van der Waals surface area contributed by atoms with Gasteiger partial charge in [0.1, 0.15) is 5.82 Å². The van der Waals surface area contributed by atoms with E-state index in [0.29, 0.717) is 11.7 Å². The number of anilines is 1. The third kappa shape index (κ3) is 3.53. The van der Waals surface area contributed by atoms with Gasteiger partial charge < -0.3 is 10.6 Å². The number of hydrogen-bond donors (Lipinski definition) is 2. The van der Waals surface area contributed by atoms with Crippen molar-refractivity contribution in [3.05, 3.63) is 42.7 Å². The summed E-state index contributed by atoms with van der Waals surface area (Å²) < 4.78 is 12.5. The molecule has 0 radical (unpaired) electrons. The summed E-state index contributed by atoms with van der Waals surface area (Å²) in [7, 11) is 0. The van der Waals surface area contributed by atoms with E-state index in [0.717, 1.165) is 5.69 Å². The van der Waals surface area contributed by atoms with Gasteiger partial charge in [-0.05, 0) is 36.5 Å². The quantitative estimate of drug-likeness (QED) is 0.591. The molecule has 1 aromatic carbocycles. The lowest BCUT2D eigenvalue weighted by Gasteiger charge is -2.08. The average Bonchev–Trinajstić information content (AvgIpc) is 2.18. The Morgan fingerprint density at radius 3 is 2.64 bits per heavy atom. The summed E-state index contributed by atoms with van der Waals surface area (Å²) in [5.74, 6) is -0.263. The van der Waals surface area contributed by atoms with Gasteiger partial charge in [0.05, 0.1) is 0 Å². The van der Waals surface area contributed by atoms with Gasteiger partial charge in [0.2, 0.25) is 0 Å². The molecule has 1 rings (SSSR count). The molecule has 0 aliphatic carbocycles. The Balaban J connectivity index is 2.47. The van der Waals surface area contributed by atoms with Gasteiger partial charge >= 0.3 is 0 Å². The van der Waals surface area contributed by atoms with Crippen molar-refractivity contribution >= 4 is 23.0 Å². The Hall–Kier alpha value is -1.42. The monoisotopic (exact) mass is 210 g/mol. The molecule has 0 fully saturated rings. The van der Waals surface area contributed by atoms with E-state index in [1.807, 2.05) is 0 Å². The van der Waals surface area contributed by atoms with Crippen molar-refractivity contribution in [2.45, 2.75) is 0 Å². The maximum atomic E-state index is 12.5. The first kappa shape index (κ1) is 10.7. The molecular weight excluding hydrogens is 199 g/mol. The molecule has 0 aromatic heterocycles. The molecule has 4 heteroatoms. The predicted molar refractivity (Wildman–Crippen MR) is 60.8 cm³/mol. The van der Waals surface area contributed by atoms with Crippen molar-refractivity contribution < 1.29 is 4.39 Å². The number of nitrogens with one attached hydrogen (secondary N) is 2. The fraction of sp³-hybridized carbons (Fsp3) is 0.100. The Morgan fingerprint density at radius 1 is 1.43 bits per heavy atom. The molecule has 0 saturated carbocycles. The second-order valence-corrected chi connectivity index (χ2v) is 3.04. The highest BCUT2D eigenvalue weighted by atomic mass is 32.1. The fourth-order valence-electron chi connectivity index (χ4n) is 0.873. The van der Waals surface area contributed by atoms with E-state index < -0.39 is 0 Å². The first-order chi connectivity index (χ1) is 6.72. The first-order valence-corrected chi connectivity index (χ1v) is 4.54. The highest BCUT2D eigenvalue weighted by Gasteiger charge is 1.95. The minimum atomic E-state index is -0.263. The fourth-order valence-corrected chi connectivity index (χ4v) is 1.07. The van der Waals surface area contributed by atoms with Gasteiger partial charge in [-0.25, -0.2) is 4.39 Å². The van der Waals surface area contributed by atoms with E-state index in [9.17, 15) is 4.39 Å². The molecule has 14 heavy (non-hydrogen) atoms. The van der Waals surface area contributed by atoms with Gasteiger partial charge in [-0.1, -0.05) is 6.08 Å². The van der Waals surface area contributed by atoms with E-state index >= 15 is 0 Å². The summed E-state index contributed by atoms with van der Waals surface area (Å²) >= 11 is 4.97. The van der Waals surface area contributed by atoms with Crippen molar-refractivity contribution in [1.82, 2.24) is 5.32 Å². The highest BCUT2D eigenvalue weighted by Crippen LogP contribution is 2.07. The van der Waals surface area contributed by atoms with E-state index in [4.69, 9.17) is 12.2 Å². The van der Waals surface area contributed by atoms with Crippen LogP contribution in [-0.4, -0.2) is 11.7 Å². The number of halogens is 1. The smallest absolute Gasteiger partial charge is 0.171 e. The Kier molecular flexibility index (Phi) is 4.07. The van der Waals surface area contributed by atoms with Gasteiger partial charge in [-0.3, -0.25) is 0 Å². The number of thiocarbonyl (C=S) groups is 1. The number of hydrogen-bond acceptors (Lipinski definition) is 1. The summed E-state index contributed by atoms with van der Waals surface area (Å²) in [6, 6.07) is 5.99. The van der Waals surface area contributed by atoms with Crippen LogP contribution < -0.4 is 10.6 Å². The molecule has 2 nitrogen and oxygen atoms in total. The molecule has 0 atom stereocenters. The second kappa shape index (κ2) is 5.34. The average molecular weight is 210 g/mol. The van der Waals surface area contributed by atoms with Gasteiger partial charge in [0.15, 0.2) is 5.11 Å². The Labute approximate surface area is 87.8 Å². The zero-order chi connectivity index (χ0) is 10.4.